The monoisotopic (exact) mass is 608 g/mol. The summed E-state index contributed by atoms with van der Waals surface area (Å²) in [5, 5.41) is 10.2. The number of hydrogen-bond donors (Lipinski definition) is 0. The third-order valence-electron chi connectivity index (χ3n) is 9.63. The molecule has 0 bridgehead atoms. The van der Waals surface area contributed by atoms with Gasteiger partial charge >= 0.3 is 0 Å². The molecule has 0 aliphatic carbocycles. The van der Waals surface area contributed by atoms with E-state index in [1.165, 1.54) is 87.6 Å². The zero-order valence-corrected chi connectivity index (χ0v) is 26.5. The number of fused-ring (bicyclic) bond motifs is 4. The fourth-order valence-corrected chi connectivity index (χ4v) is 7.20. The summed E-state index contributed by atoms with van der Waals surface area (Å²) in [5.74, 6) is 0. The molecular weight excluding hydrogens is 577 g/mol. The maximum absolute atomic E-state index is 2.33. The Labute approximate surface area is 280 Å². The smallest absolute Gasteiger partial charge is 0.00262 e. The third-order valence-corrected chi connectivity index (χ3v) is 9.63. The molecule has 9 aromatic carbocycles. The molecule has 0 aliphatic rings. The zero-order valence-electron chi connectivity index (χ0n) is 26.5. The largest absolute Gasteiger partial charge is 0.0616 e. The van der Waals surface area contributed by atoms with Crippen molar-refractivity contribution in [2.45, 2.75) is 0 Å². The molecule has 0 aliphatic heterocycles. The molecule has 48 heavy (non-hydrogen) atoms. The van der Waals surface area contributed by atoms with Gasteiger partial charge in [0.15, 0.2) is 0 Å². The van der Waals surface area contributed by atoms with Crippen molar-refractivity contribution in [3.63, 3.8) is 0 Å². The van der Waals surface area contributed by atoms with E-state index in [2.05, 4.69) is 194 Å². The molecule has 0 saturated carbocycles. The summed E-state index contributed by atoms with van der Waals surface area (Å²) >= 11 is 0. The predicted octanol–water partition coefficient (Wildman–Crippen LogP) is 13.5. The Morgan fingerprint density at radius 1 is 0.250 bits per heavy atom. The first kappa shape index (κ1) is 28.0. The number of rotatable bonds is 5. The molecule has 0 atom stereocenters. The van der Waals surface area contributed by atoms with Crippen LogP contribution in [0.2, 0.25) is 0 Å². The standard InChI is InChI=1S/C48H32/c1-3-11-39-31-41(29-27-35(39)9-1)37-23-19-33(20-24-37)17-18-34-21-25-38(26-22-34)47-43-13-5-7-15-45(43)48(46-16-8-6-14-44(46)47)42-30-28-36-10-2-4-12-40(36)32-42/h1-32H. The first-order chi connectivity index (χ1) is 23.8. The molecule has 0 unspecified atom stereocenters. The van der Waals surface area contributed by atoms with E-state index in [1.54, 1.807) is 0 Å². The van der Waals surface area contributed by atoms with Crippen LogP contribution in [-0.2, 0) is 0 Å². The molecule has 224 valence electrons. The van der Waals surface area contributed by atoms with Gasteiger partial charge in [-0.05, 0) is 99.7 Å². The quantitative estimate of drug-likeness (QED) is 0.135. The van der Waals surface area contributed by atoms with Crippen molar-refractivity contribution in [2.75, 3.05) is 0 Å². The van der Waals surface area contributed by atoms with Crippen LogP contribution >= 0.6 is 0 Å². The van der Waals surface area contributed by atoms with Crippen LogP contribution in [0.5, 0.6) is 0 Å². The van der Waals surface area contributed by atoms with Gasteiger partial charge in [-0.15, -0.1) is 0 Å². The fraction of sp³-hybridized carbons (Fsp3) is 0. The minimum atomic E-state index is 1.18. The summed E-state index contributed by atoms with van der Waals surface area (Å²) in [7, 11) is 0. The van der Waals surface area contributed by atoms with Gasteiger partial charge in [0.25, 0.3) is 0 Å². The topological polar surface area (TPSA) is 0 Å². The van der Waals surface area contributed by atoms with Crippen LogP contribution in [-0.4, -0.2) is 0 Å². The van der Waals surface area contributed by atoms with E-state index >= 15 is 0 Å². The molecule has 0 heteroatoms. The van der Waals surface area contributed by atoms with Crippen molar-refractivity contribution >= 4 is 55.2 Å². The van der Waals surface area contributed by atoms with Crippen LogP contribution in [0.1, 0.15) is 11.1 Å². The Hall–Kier alpha value is -6.24. The van der Waals surface area contributed by atoms with Gasteiger partial charge in [0.2, 0.25) is 0 Å². The summed E-state index contributed by atoms with van der Waals surface area (Å²) < 4.78 is 0. The molecule has 0 amide bonds. The molecular formula is C48H32. The van der Waals surface area contributed by atoms with Gasteiger partial charge in [-0.2, -0.15) is 0 Å². The average molecular weight is 609 g/mol. The van der Waals surface area contributed by atoms with Crippen LogP contribution < -0.4 is 0 Å². The summed E-state index contributed by atoms with van der Waals surface area (Å²) in [5.41, 5.74) is 9.89. The van der Waals surface area contributed by atoms with Gasteiger partial charge in [-0.3, -0.25) is 0 Å². The van der Waals surface area contributed by atoms with Crippen molar-refractivity contribution < 1.29 is 0 Å². The zero-order chi connectivity index (χ0) is 31.9. The Bertz CT molecular complexity index is 2580. The van der Waals surface area contributed by atoms with Crippen molar-refractivity contribution in [3.8, 4) is 33.4 Å². The molecule has 0 radical (unpaired) electrons. The summed E-state index contributed by atoms with van der Waals surface area (Å²) in [6.45, 7) is 0. The van der Waals surface area contributed by atoms with Crippen LogP contribution in [0, 0.1) is 0 Å². The first-order valence-electron chi connectivity index (χ1n) is 16.6. The Morgan fingerprint density at radius 2 is 0.604 bits per heavy atom. The third kappa shape index (κ3) is 5.05. The first-order valence-corrected chi connectivity index (χ1v) is 16.6. The van der Waals surface area contributed by atoms with Gasteiger partial charge < -0.3 is 0 Å². The molecule has 0 spiro atoms. The van der Waals surface area contributed by atoms with Crippen molar-refractivity contribution in [1.29, 1.82) is 0 Å². The molecule has 0 heterocycles. The van der Waals surface area contributed by atoms with Gasteiger partial charge in [0.05, 0.1) is 0 Å². The van der Waals surface area contributed by atoms with Crippen LogP contribution in [0.4, 0.5) is 0 Å². The van der Waals surface area contributed by atoms with Crippen molar-refractivity contribution in [1.82, 2.24) is 0 Å². The Balaban J connectivity index is 1.05. The van der Waals surface area contributed by atoms with Gasteiger partial charge in [0, 0.05) is 0 Å². The highest BCUT2D eigenvalue weighted by Gasteiger charge is 2.16. The number of benzene rings is 9. The Kier molecular flexibility index (Phi) is 6.91. The molecule has 0 fully saturated rings. The van der Waals surface area contributed by atoms with E-state index in [0.29, 0.717) is 0 Å². The highest BCUT2D eigenvalue weighted by atomic mass is 14.2. The highest BCUT2D eigenvalue weighted by Crippen LogP contribution is 2.44. The molecule has 0 nitrogen and oxygen atoms in total. The summed E-state index contributed by atoms with van der Waals surface area (Å²) in [6.07, 6.45) is 4.40. The van der Waals surface area contributed by atoms with Gasteiger partial charge in [-0.1, -0.05) is 182 Å². The minimum absolute atomic E-state index is 1.18. The molecule has 0 aromatic heterocycles. The van der Waals surface area contributed by atoms with Crippen LogP contribution in [0.3, 0.4) is 0 Å². The molecule has 9 rings (SSSR count). The normalized spacial score (nSPS) is 11.7. The SMILES string of the molecule is C(=Cc1ccc(-c2c3ccccc3c(-c3ccc4ccccc4c3)c3ccccc23)cc1)c1ccc(-c2ccc3ccccc3c2)cc1. The summed E-state index contributed by atoms with van der Waals surface area (Å²) in [6, 6.07) is 66.2. The van der Waals surface area contributed by atoms with Crippen molar-refractivity contribution in [3.05, 3.63) is 193 Å². The minimum Gasteiger partial charge on any atom is -0.0616 e. The van der Waals surface area contributed by atoms with E-state index in [1.807, 2.05) is 0 Å². The van der Waals surface area contributed by atoms with Crippen LogP contribution in [0.15, 0.2) is 182 Å². The lowest BCUT2D eigenvalue weighted by Crippen LogP contribution is -1.91. The van der Waals surface area contributed by atoms with Gasteiger partial charge in [-0.25, -0.2) is 0 Å². The second-order valence-electron chi connectivity index (χ2n) is 12.5. The van der Waals surface area contributed by atoms with Crippen LogP contribution in [0.25, 0.3) is 88.6 Å². The molecule has 0 N–H and O–H groups in total. The molecule has 9 aromatic rings. The molecule has 0 saturated heterocycles. The van der Waals surface area contributed by atoms with E-state index in [9.17, 15) is 0 Å². The van der Waals surface area contributed by atoms with Crippen molar-refractivity contribution in [2.24, 2.45) is 0 Å². The fourth-order valence-electron chi connectivity index (χ4n) is 7.20. The van der Waals surface area contributed by atoms with Gasteiger partial charge in [0.1, 0.15) is 0 Å². The van der Waals surface area contributed by atoms with E-state index in [0.717, 1.165) is 0 Å². The lowest BCUT2D eigenvalue weighted by molar-refractivity contribution is 1.61. The second kappa shape index (κ2) is 11.8. The maximum atomic E-state index is 2.33. The average Bonchev–Trinajstić information content (AvgIpc) is 3.16. The number of hydrogen-bond acceptors (Lipinski definition) is 0. The lowest BCUT2D eigenvalue weighted by Gasteiger charge is -2.18. The lowest BCUT2D eigenvalue weighted by atomic mass is 9.85. The summed E-state index contributed by atoms with van der Waals surface area (Å²) in [4.78, 5) is 0. The highest BCUT2D eigenvalue weighted by molar-refractivity contribution is 6.21. The Morgan fingerprint density at radius 3 is 1.10 bits per heavy atom. The predicted molar refractivity (Wildman–Crippen MR) is 208 cm³/mol. The second-order valence-corrected chi connectivity index (χ2v) is 12.5. The van der Waals surface area contributed by atoms with E-state index in [-0.39, 0.29) is 0 Å². The maximum Gasteiger partial charge on any atom is -0.00262 e. The van der Waals surface area contributed by atoms with E-state index < -0.39 is 0 Å². The van der Waals surface area contributed by atoms with E-state index in [4.69, 9.17) is 0 Å².